The van der Waals surface area contributed by atoms with Gasteiger partial charge in [0.1, 0.15) is 5.82 Å². The number of sulfonamides is 1. The van der Waals surface area contributed by atoms with E-state index >= 15 is 0 Å². The summed E-state index contributed by atoms with van der Waals surface area (Å²) in [6.45, 7) is 0.841. The topological polar surface area (TPSA) is 90.0 Å². The van der Waals surface area contributed by atoms with Crippen LogP contribution in [0.15, 0.2) is 40.0 Å². The molecule has 0 atom stereocenters. The number of nitrogens with two attached hydrogens (primary N) is 1. The number of aryl methyl sites for hydroxylation is 1. The first-order chi connectivity index (χ1) is 9.90. The molecule has 0 saturated carbocycles. The van der Waals surface area contributed by atoms with Crippen molar-refractivity contribution in [1.29, 1.82) is 0 Å². The summed E-state index contributed by atoms with van der Waals surface area (Å²) in [6.07, 6.45) is 4.03. The summed E-state index contributed by atoms with van der Waals surface area (Å²) in [6, 6.07) is 3.92. The fraction of sp³-hybridized carbons (Fsp3) is 0.250. The molecule has 2 aromatic rings. The highest BCUT2D eigenvalue weighted by molar-refractivity contribution is 9.10. The van der Waals surface area contributed by atoms with Gasteiger partial charge < -0.3 is 5.73 Å². The average molecular weight is 377 g/mol. The summed E-state index contributed by atoms with van der Waals surface area (Å²) >= 11 is 3.03. The molecule has 2 rings (SSSR count). The van der Waals surface area contributed by atoms with Crippen molar-refractivity contribution in [2.75, 3.05) is 12.3 Å². The Hall–Kier alpha value is -1.45. The number of hydrogen-bond acceptors (Lipinski definition) is 4. The van der Waals surface area contributed by atoms with Gasteiger partial charge in [-0.1, -0.05) is 0 Å². The Morgan fingerprint density at radius 2 is 2.19 bits per heavy atom. The Balaban J connectivity index is 2.00. The van der Waals surface area contributed by atoms with Gasteiger partial charge in [0.05, 0.1) is 10.6 Å². The molecule has 0 spiro atoms. The highest BCUT2D eigenvalue weighted by Gasteiger charge is 2.19. The van der Waals surface area contributed by atoms with E-state index in [9.17, 15) is 12.8 Å². The monoisotopic (exact) mass is 376 g/mol. The molecule has 0 amide bonds. The maximum atomic E-state index is 13.2. The van der Waals surface area contributed by atoms with Crippen LogP contribution in [-0.2, 0) is 16.6 Å². The Labute approximate surface area is 130 Å². The third-order valence-corrected chi connectivity index (χ3v) is 5.18. The van der Waals surface area contributed by atoms with Gasteiger partial charge in [0.25, 0.3) is 0 Å². The Bertz CT molecular complexity index is 719. The van der Waals surface area contributed by atoms with Gasteiger partial charge in [-0.25, -0.2) is 17.5 Å². The van der Waals surface area contributed by atoms with Crippen LogP contribution in [0, 0.1) is 5.82 Å². The smallest absolute Gasteiger partial charge is 0.241 e. The van der Waals surface area contributed by atoms with Gasteiger partial charge in [0.2, 0.25) is 10.0 Å². The van der Waals surface area contributed by atoms with Crippen LogP contribution in [0.2, 0.25) is 0 Å². The third kappa shape index (κ3) is 4.02. The maximum absolute atomic E-state index is 13.2. The first-order valence-corrected chi connectivity index (χ1v) is 8.39. The van der Waals surface area contributed by atoms with E-state index in [0.29, 0.717) is 13.0 Å². The van der Waals surface area contributed by atoms with Crippen molar-refractivity contribution in [3.8, 4) is 0 Å². The van der Waals surface area contributed by atoms with Crippen molar-refractivity contribution >= 4 is 31.6 Å². The summed E-state index contributed by atoms with van der Waals surface area (Å²) in [5.74, 6) is -0.667. The number of anilines is 1. The minimum atomic E-state index is -3.74. The quantitative estimate of drug-likeness (QED) is 0.593. The number of nitrogens with one attached hydrogen (secondary N) is 1. The minimum Gasteiger partial charge on any atom is -0.396 e. The number of hydrogen-bond donors (Lipinski definition) is 2. The fourth-order valence-electron chi connectivity index (χ4n) is 1.71. The van der Waals surface area contributed by atoms with E-state index in [0.717, 1.165) is 12.1 Å². The van der Waals surface area contributed by atoms with E-state index in [-0.39, 0.29) is 21.6 Å². The molecule has 3 N–H and O–H groups in total. The minimum absolute atomic E-state index is 0.0829. The van der Waals surface area contributed by atoms with Crippen LogP contribution < -0.4 is 10.5 Å². The summed E-state index contributed by atoms with van der Waals surface area (Å²) in [7, 11) is -3.74. The predicted molar refractivity (Wildman–Crippen MR) is 80.5 cm³/mol. The zero-order chi connectivity index (χ0) is 15.5. The van der Waals surface area contributed by atoms with Crippen LogP contribution in [-0.4, -0.2) is 24.7 Å². The lowest BCUT2D eigenvalue weighted by Gasteiger charge is -2.10. The largest absolute Gasteiger partial charge is 0.396 e. The highest BCUT2D eigenvalue weighted by Crippen LogP contribution is 2.26. The molecule has 0 aliphatic rings. The third-order valence-electron chi connectivity index (χ3n) is 2.76. The molecule has 1 aromatic carbocycles. The lowest BCUT2D eigenvalue weighted by Crippen LogP contribution is -2.26. The van der Waals surface area contributed by atoms with Crippen molar-refractivity contribution in [2.24, 2.45) is 0 Å². The van der Waals surface area contributed by atoms with E-state index in [2.05, 4.69) is 25.8 Å². The highest BCUT2D eigenvalue weighted by atomic mass is 79.9. The molecular weight excluding hydrogens is 363 g/mol. The zero-order valence-corrected chi connectivity index (χ0v) is 13.4. The summed E-state index contributed by atoms with van der Waals surface area (Å²) < 4.78 is 41.8. The van der Waals surface area contributed by atoms with Gasteiger partial charge >= 0.3 is 0 Å². The first kappa shape index (κ1) is 15.9. The lowest BCUT2D eigenvalue weighted by atomic mass is 10.3. The second-order valence-electron chi connectivity index (χ2n) is 4.32. The van der Waals surface area contributed by atoms with Gasteiger partial charge in [-0.2, -0.15) is 5.10 Å². The van der Waals surface area contributed by atoms with Crippen molar-refractivity contribution in [3.63, 3.8) is 0 Å². The van der Waals surface area contributed by atoms with Crippen LogP contribution in [0.5, 0.6) is 0 Å². The summed E-state index contributed by atoms with van der Waals surface area (Å²) in [5, 5.41) is 4.02. The zero-order valence-electron chi connectivity index (χ0n) is 11.0. The Kier molecular flexibility index (Phi) is 4.96. The molecule has 0 unspecified atom stereocenters. The predicted octanol–water partition coefficient (Wildman–Crippen LogP) is 1.74. The van der Waals surface area contributed by atoms with Crippen LogP contribution in [0.4, 0.5) is 10.1 Å². The van der Waals surface area contributed by atoms with E-state index in [1.54, 1.807) is 23.1 Å². The van der Waals surface area contributed by atoms with Gasteiger partial charge in [-0.3, -0.25) is 4.68 Å². The number of nitrogens with zero attached hydrogens (tertiary/aromatic N) is 2. The van der Waals surface area contributed by atoms with Crippen molar-refractivity contribution < 1.29 is 12.8 Å². The number of nitrogen functional groups attached to an aromatic ring is 1. The van der Waals surface area contributed by atoms with Crippen molar-refractivity contribution in [1.82, 2.24) is 14.5 Å². The van der Waals surface area contributed by atoms with E-state index < -0.39 is 15.8 Å². The molecule has 0 saturated heterocycles. The van der Waals surface area contributed by atoms with E-state index in [1.165, 1.54) is 0 Å². The second-order valence-corrected chi connectivity index (χ2v) is 6.91. The molecule has 1 heterocycles. The Morgan fingerprint density at radius 1 is 1.43 bits per heavy atom. The van der Waals surface area contributed by atoms with Gasteiger partial charge in [-0.15, -0.1) is 0 Å². The van der Waals surface area contributed by atoms with Crippen LogP contribution in [0.1, 0.15) is 6.42 Å². The number of halogens is 2. The molecule has 0 fully saturated rings. The normalized spacial score (nSPS) is 11.7. The van der Waals surface area contributed by atoms with Gasteiger partial charge in [0, 0.05) is 30.0 Å². The second kappa shape index (κ2) is 6.54. The van der Waals surface area contributed by atoms with Crippen LogP contribution in [0.3, 0.4) is 0 Å². The van der Waals surface area contributed by atoms with Crippen molar-refractivity contribution in [3.05, 3.63) is 40.9 Å². The van der Waals surface area contributed by atoms with Crippen LogP contribution >= 0.6 is 15.9 Å². The number of benzene rings is 1. The number of rotatable bonds is 6. The number of aromatic nitrogens is 2. The average Bonchev–Trinajstić information content (AvgIpc) is 2.92. The molecule has 0 radical (unpaired) electrons. The molecule has 9 heteroatoms. The molecule has 1 aromatic heterocycles. The fourth-order valence-corrected chi connectivity index (χ4v) is 3.83. The van der Waals surface area contributed by atoms with Crippen LogP contribution in [0.25, 0.3) is 0 Å². The van der Waals surface area contributed by atoms with Crippen molar-refractivity contribution in [2.45, 2.75) is 17.9 Å². The molecule has 6 nitrogen and oxygen atoms in total. The standard InChI is InChI=1S/C12H14BrFN4O2S/c13-9-7-10(14)11(15)8-12(9)21(19,20)17-4-2-6-18-5-1-3-16-18/h1,3,5,7-8,17H,2,4,6,15H2. The Morgan fingerprint density at radius 3 is 2.86 bits per heavy atom. The van der Waals surface area contributed by atoms with Gasteiger partial charge in [-0.05, 0) is 40.5 Å². The molecule has 0 aliphatic carbocycles. The molecule has 0 aliphatic heterocycles. The summed E-state index contributed by atoms with van der Waals surface area (Å²) in [4.78, 5) is -0.0829. The first-order valence-electron chi connectivity index (χ1n) is 6.12. The SMILES string of the molecule is Nc1cc(S(=O)(=O)NCCCn2cccn2)c(Br)cc1F. The molecule has 114 valence electrons. The van der Waals surface area contributed by atoms with Gasteiger partial charge in [0.15, 0.2) is 0 Å². The molecular formula is C12H14BrFN4O2S. The maximum Gasteiger partial charge on any atom is 0.241 e. The molecule has 21 heavy (non-hydrogen) atoms. The summed E-state index contributed by atoms with van der Waals surface area (Å²) in [5.41, 5.74) is 5.19. The lowest BCUT2D eigenvalue weighted by molar-refractivity contribution is 0.552. The molecule has 0 bridgehead atoms. The van der Waals surface area contributed by atoms with E-state index in [4.69, 9.17) is 5.73 Å². The van der Waals surface area contributed by atoms with E-state index in [1.807, 2.05) is 0 Å².